The summed E-state index contributed by atoms with van der Waals surface area (Å²) in [5, 5.41) is 7.39. The maximum Gasteiger partial charge on any atom is 0.220 e. The zero-order chi connectivity index (χ0) is 6.69. The Morgan fingerprint density at radius 3 is 2.89 bits per heavy atom. The molecule has 0 aliphatic rings. The van der Waals surface area contributed by atoms with Crippen molar-refractivity contribution in [2.75, 3.05) is 0 Å². The fraction of sp³-hybridized carbons (Fsp3) is 0.333. The molecule has 3 heteroatoms. The highest BCUT2D eigenvalue weighted by Crippen LogP contribution is 1.97. The van der Waals surface area contributed by atoms with Gasteiger partial charge >= 0.3 is 0 Å². The van der Waals surface area contributed by atoms with E-state index in [0.29, 0.717) is 18.2 Å². The highest BCUT2D eigenvalue weighted by atomic mass is 16.4. The van der Waals surface area contributed by atoms with E-state index < -0.39 is 0 Å². The topological polar surface area (TPSA) is 38.9 Å². The lowest BCUT2D eigenvalue weighted by Crippen LogP contribution is -1.77. The van der Waals surface area contributed by atoms with Crippen LogP contribution in [0, 0.1) is 6.92 Å². The smallest absolute Gasteiger partial charge is 0.220 e. The molecule has 0 aliphatic heterocycles. The van der Waals surface area contributed by atoms with Gasteiger partial charge in [0.1, 0.15) is 0 Å². The van der Waals surface area contributed by atoms with E-state index in [9.17, 15) is 0 Å². The van der Waals surface area contributed by atoms with Crippen LogP contribution in [0.1, 0.15) is 11.8 Å². The molecular formula is C6H8N2O. The Balaban J connectivity index is 2.72. The van der Waals surface area contributed by atoms with Gasteiger partial charge in [-0.15, -0.1) is 16.8 Å². The van der Waals surface area contributed by atoms with E-state index in [2.05, 4.69) is 16.8 Å². The number of aromatic nitrogens is 2. The summed E-state index contributed by atoms with van der Waals surface area (Å²) in [6, 6.07) is 0. The van der Waals surface area contributed by atoms with Crippen molar-refractivity contribution in [1.82, 2.24) is 10.2 Å². The second-order valence-electron chi connectivity index (χ2n) is 1.71. The Labute approximate surface area is 53.4 Å². The molecule has 3 nitrogen and oxygen atoms in total. The summed E-state index contributed by atoms with van der Waals surface area (Å²) in [6.45, 7) is 5.30. The minimum absolute atomic E-state index is 0.604. The molecule has 0 amide bonds. The minimum atomic E-state index is 0.604. The first kappa shape index (κ1) is 6.01. The lowest BCUT2D eigenvalue weighted by Gasteiger charge is -1.79. The van der Waals surface area contributed by atoms with Crippen molar-refractivity contribution in [1.29, 1.82) is 0 Å². The van der Waals surface area contributed by atoms with Gasteiger partial charge in [-0.2, -0.15) is 0 Å². The molecule has 0 aromatic carbocycles. The number of allylic oxidation sites excluding steroid dienone is 1. The van der Waals surface area contributed by atoms with Crippen molar-refractivity contribution in [3.05, 3.63) is 24.4 Å². The van der Waals surface area contributed by atoms with E-state index in [1.54, 1.807) is 13.0 Å². The molecule has 0 atom stereocenters. The van der Waals surface area contributed by atoms with Gasteiger partial charge in [0, 0.05) is 13.3 Å². The highest BCUT2D eigenvalue weighted by molar-refractivity contribution is 4.86. The maximum absolute atomic E-state index is 5.03. The fourth-order valence-corrected chi connectivity index (χ4v) is 0.543. The predicted molar refractivity (Wildman–Crippen MR) is 32.9 cm³/mol. The number of hydrogen-bond donors (Lipinski definition) is 0. The SMILES string of the molecule is C=CCc1nnc(C)o1. The van der Waals surface area contributed by atoms with E-state index in [0.717, 1.165) is 0 Å². The van der Waals surface area contributed by atoms with Gasteiger partial charge in [-0.1, -0.05) is 6.08 Å². The summed E-state index contributed by atoms with van der Waals surface area (Å²) in [5.41, 5.74) is 0. The monoisotopic (exact) mass is 124 g/mol. The van der Waals surface area contributed by atoms with Crippen LogP contribution in [0.25, 0.3) is 0 Å². The Bertz CT molecular complexity index is 205. The van der Waals surface area contributed by atoms with E-state index >= 15 is 0 Å². The molecule has 0 unspecified atom stereocenters. The van der Waals surface area contributed by atoms with Crippen molar-refractivity contribution in [3.8, 4) is 0 Å². The van der Waals surface area contributed by atoms with Gasteiger partial charge in [-0.3, -0.25) is 0 Å². The van der Waals surface area contributed by atoms with Crippen molar-refractivity contribution < 1.29 is 4.42 Å². The standard InChI is InChI=1S/C6H8N2O/c1-3-4-6-8-7-5(2)9-6/h3H,1,4H2,2H3. The molecular weight excluding hydrogens is 116 g/mol. The Kier molecular flexibility index (Phi) is 1.63. The third-order valence-corrected chi connectivity index (χ3v) is 0.887. The van der Waals surface area contributed by atoms with Crippen LogP contribution >= 0.6 is 0 Å². The molecule has 0 spiro atoms. The number of aryl methyl sites for hydroxylation is 1. The first-order valence-electron chi connectivity index (χ1n) is 2.73. The second-order valence-corrected chi connectivity index (χ2v) is 1.71. The summed E-state index contributed by atoms with van der Waals surface area (Å²) in [6.07, 6.45) is 2.38. The molecule has 0 saturated heterocycles. The fourth-order valence-electron chi connectivity index (χ4n) is 0.543. The average Bonchev–Trinajstić information content (AvgIpc) is 2.17. The quantitative estimate of drug-likeness (QED) is 0.554. The lowest BCUT2D eigenvalue weighted by atomic mass is 10.4. The summed E-state index contributed by atoms with van der Waals surface area (Å²) in [4.78, 5) is 0. The maximum atomic E-state index is 5.03. The Hall–Kier alpha value is -1.12. The minimum Gasteiger partial charge on any atom is -0.425 e. The third-order valence-electron chi connectivity index (χ3n) is 0.887. The van der Waals surface area contributed by atoms with Gasteiger partial charge in [0.2, 0.25) is 11.8 Å². The van der Waals surface area contributed by atoms with Crippen LogP contribution in [0.3, 0.4) is 0 Å². The van der Waals surface area contributed by atoms with Crippen LogP contribution in [-0.4, -0.2) is 10.2 Å². The van der Waals surface area contributed by atoms with Gasteiger partial charge in [0.15, 0.2) is 0 Å². The molecule has 0 saturated carbocycles. The largest absolute Gasteiger partial charge is 0.425 e. The molecule has 0 radical (unpaired) electrons. The molecule has 0 fully saturated rings. The van der Waals surface area contributed by atoms with Crippen LogP contribution in [0.15, 0.2) is 17.1 Å². The van der Waals surface area contributed by atoms with Crippen LogP contribution in [-0.2, 0) is 6.42 Å². The van der Waals surface area contributed by atoms with Gasteiger partial charge in [-0.25, -0.2) is 0 Å². The molecule has 0 aliphatic carbocycles. The summed E-state index contributed by atoms with van der Waals surface area (Å²) in [5.74, 6) is 1.23. The molecule has 1 heterocycles. The second kappa shape index (κ2) is 2.44. The molecule has 1 rings (SSSR count). The first-order valence-corrected chi connectivity index (χ1v) is 2.73. The van der Waals surface area contributed by atoms with E-state index in [1.807, 2.05) is 0 Å². The summed E-state index contributed by atoms with van der Waals surface area (Å²) < 4.78 is 5.03. The van der Waals surface area contributed by atoms with Gasteiger partial charge < -0.3 is 4.42 Å². The molecule has 9 heavy (non-hydrogen) atoms. The van der Waals surface area contributed by atoms with Gasteiger partial charge in [0.25, 0.3) is 0 Å². The molecule has 48 valence electrons. The van der Waals surface area contributed by atoms with E-state index in [1.165, 1.54) is 0 Å². The summed E-state index contributed by atoms with van der Waals surface area (Å²) in [7, 11) is 0. The zero-order valence-corrected chi connectivity index (χ0v) is 5.29. The van der Waals surface area contributed by atoms with Crippen LogP contribution in [0.2, 0.25) is 0 Å². The number of hydrogen-bond acceptors (Lipinski definition) is 3. The molecule has 0 N–H and O–H groups in total. The van der Waals surface area contributed by atoms with Gasteiger partial charge in [-0.05, 0) is 0 Å². The Morgan fingerprint density at radius 2 is 2.44 bits per heavy atom. The summed E-state index contributed by atoms with van der Waals surface area (Å²) >= 11 is 0. The lowest BCUT2D eigenvalue weighted by molar-refractivity contribution is 0.479. The molecule has 0 bridgehead atoms. The van der Waals surface area contributed by atoms with Gasteiger partial charge in [0.05, 0.1) is 0 Å². The van der Waals surface area contributed by atoms with Crippen LogP contribution < -0.4 is 0 Å². The third kappa shape index (κ3) is 1.38. The molecule has 1 aromatic heterocycles. The Morgan fingerprint density at radius 1 is 1.67 bits per heavy atom. The predicted octanol–water partition coefficient (Wildman–Crippen LogP) is 1.11. The van der Waals surface area contributed by atoms with Crippen molar-refractivity contribution in [2.24, 2.45) is 0 Å². The number of rotatable bonds is 2. The van der Waals surface area contributed by atoms with Crippen LogP contribution in [0.4, 0.5) is 0 Å². The van der Waals surface area contributed by atoms with E-state index in [-0.39, 0.29) is 0 Å². The normalized spacial score (nSPS) is 9.44. The zero-order valence-electron chi connectivity index (χ0n) is 5.29. The molecule has 1 aromatic rings. The van der Waals surface area contributed by atoms with E-state index in [4.69, 9.17) is 4.42 Å². The first-order chi connectivity index (χ1) is 4.33. The average molecular weight is 124 g/mol. The van der Waals surface area contributed by atoms with Crippen LogP contribution in [0.5, 0.6) is 0 Å². The van der Waals surface area contributed by atoms with Crippen molar-refractivity contribution in [2.45, 2.75) is 13.3 Å². The number of nitrogens with zero attached hydrogens (tertiary/aromatic N) is 2. The van der Waals surface area contributed by atoms with Crippen molar-refractivity contribution >= 4 is 0 Å². The van der Waals surface area contributed by atoms with Crippen molar-refractivity contribution in [3.63, 3.8) is 0 Å². The highest BCUT2D eigenvalue weighted by Gasteiger charge is 1.96.